The molecule has 0 aliphatic rings. The minimum atomic E-state index is -0.332. The van der Waals surface area contributed by atoms with Gasteiger partial charge in [0.2, 0.25) is 0 Å². The van der Waals surface area contributed by atoms with E-state index >= 15 is 0 Å². The fourth-order valence-corrected chi connectivity index (χ4v) is 2.38. The molecule has 1 atom stereocenters. The number of nitrogens with one attached hydrogen (secondary N) is 2. The van der Waals surface area contributed by atoms with Crippen LogP contribution in [0.5, 0.6) is 0 Å². The van der Waals surface area contributed by atoms with E-state index in [1.165, 1.54) is 12.7 Å². The Morgan fingerprint density at radius 1 is 1.12 bits per heavy atom. The number of esters is 1. The van der Waals surface area contributed by atoms with E-state index in [9.17, 15) is 4.79 Å². The molecule has 0 amide bonds. The molecule has 1 unspecified atom stereocenters. The summed E-state index contributed by atoms with van der Waals surface area (Å²) in [4.78, 5) is 16.1. The van der Waals surface area contributed by atoms with Crippen molar-refractivity contribution < 1.29 is 9.53 Å². The van der Waals surface area contributed by atoms with Gasteiger partial charge in [-0.1, -0.05) is 42.5 Å². The molecule has 0 radical (unpaired) electrons. The second-order valence-electron chi connectivity index (χ2n) is 5.66. The number of guanidine groups is 1. The molecule has 26 heavy (non-hydrogen) atoms. The largest absolute Gasteiger partial charge is 0.465 e. The van der Waals surface area contributed by atoms with Crippen molar-refractivity contribution in [1.82, 2.24) is 10.6 Å². The van der Waals surface area contributed by atoms with Crippen molar-refractivity contribution >= 4 is 35.9 Å². The molecule has 2 aromatic carbocycles. The number of carbonyl (C=O) groups is 1. The van der Waals surface area contributed by atoms with E-state index in [2.05, 4.69) is 34.7 Å². The predicted molar refractivity (Wildman–Crippen MR) is 116 cm³/mol. The van der Waals surface area contributed by atoms with Gasteiger partial charge in [0.15, 0.2) is 5.96 Å². The Hall–Kier alpha value is -2.09. The highest BCUT2D eigenvalue weighted by atomic mass is 127. The number of rotatable bonds is 6. The smallest absolute Gasteiger partial charge is 0.337 e. The number of nitrogens with zero attached hydrogens (tertiary/aromatic N) is 1. The van der Waals surface area contributed by atoms with Gasteiger partial charge in [-0.15, -0.1) is 24.0 Å². The molecule has 0 aromatic heterocycles. The Balaban J connectivity index is 0.00000338. The Morgan fingerprint density at radius 3 is 2.35 bits per heavy atom. The molecule has 0 aliphatic carbocycles. The zero-order valence-corrected chi connectivity index (χ0v) is 17.7. The normalized spacial score (nSPS) is 11.9. The molecule has 2 N–H and O–H groups in total. The number of carbonyl (C=O) groups excluding carboxylic acids is 1. The first-order chi connectivity index (χ1) is 12.1. The highest BCUT2D eigenvalue weighted by Gasteiger charge is 2.07. The quantitative estimate of drug-likeness (QED) is 0.293. The van der Waals surface area contributed by atoms with Gasteiger partial charge in [-0.2, -0.15) is 0 Å². The molecule has 6 heteroatoms. The fourth-order valence-electron chi connectivity index (χ4n) is 2.38. The van der Waals surface area contributed by atoms with E-state index in [0.29, 0.717) is 12.1 Å². The maximum absolute atomic E-state index is 11.5. The summed E-state index contributed by atoms with van der Waals surface area (Å²) in [6.45, 7) is 5.45. The lowest BCUT2D eigenvalue weighted by molar-refractivity contribution is 0.0600. The van der Waals surface area contributed by atoms with Crippen LogP contribution in [0.3, 0.4) is 0 Å². The first-order valence-corrected chi connectivity index (χ1v) is 8.41. The molecular formula is C20H26IN3O2. The number of hydrogen-bond donors (Lipinski definition) is 2. The Labute approximate surface area is 172 Å². The summed E-state index contributed by atoms with van der Waals surface area (Å²) in [6.07, 6.45) is 0. The second kappa shape index (κ2) is 11.5. The molecule has 0 heterocycles. The minimum Gasteiger partial charge on any atom is -0.465 e. The monoisotopic (exact) mass is 467 g/mol. The van der Waals surface area contributed by atoms with Gasteiger partial charge in [0, 0.05) is 6.54 Å². The van der Waals surface area contributed by atoms with Crippen LogP contribution in [-0.4, -0.2) is 25.6 Å². The van der Waals surface area contributed by atoms with Crippen LogP contribution in [0.1, 0.15) is 41.4 Å². The Bertz CT molecular complexity index is 703. The molecule has 0 aliphatic heterocycles. The standard InChI is InChI=1S/C20H25N3O2.HI/c1-4-21-20(23-15(2)17-8-6-5-7-9-17)22-14-16-10-12-18(13-11-16)19(24)25-3;/h5-13,15H,4,14H2,1-3H3,(H2,21,22,23);1H. The SMILES string of the molecule is CCNC(=NCc1ccc(C(=O)OC)cc1)NC(C)c1ccccc1.I. The lowest BCUT2D eigenvalue weighted by Crippen LogP contribution is -2.38. The highest BCUT2D eigenvalue weighted by molar-refractivity contribution is 14.0. The summed E-state index contributed by atoms with van der Waals surface area (Å²) in [6, 6.07) is 17.7. The van der Waals surface area contributed by atoms with Gasteiger partial charge in [0.05, 0.1) is 25.3 Å². The summed E-state index contributed by atoms with van der Waals surface area (Å²) >= 11 is 0. The van der Waals surface area contributed by atoms with E-state index in [1.54, 1.807) is 12.1 Å². The van der Waals surface area contributed by atoms with Crippen molar-refractivity contribution in [2.24, 2.45) is 4.99 Å². The van der Waals surface area contributed by atoms with E-state index in [4.69, 9.17) is 4.74 Å². The lowest BCUT2D eigenvalue weighted by atomic mass is 10.1. The molecule has 0 spiro atoms. The van der Waals surface area contributed by atoms with E-state index in [1.807, 2.05) is 37.3 Å². The number of methoxy groups -OCH3 is 1. The first-order valence-electron chi connectivity index (χ1n) is 8.41. The third kappa shape index (κ3) is 6.67. The maximum atomic E-state index is 11.5. The van der Waals surface area contributed by atoms with Crippen LogP contribution < -0.4 is 10.6 Å². The van der Waals surface area contributed by atoms with Crippen LogP contribution in [-0.2, 0) is 11.3 Å². The van der Waals surface area contributed by atoms with Gasteiger partial charge in [-0.3, -0.25) is 0 Å². The van der Waals surface area contributed by atoms with E-state index < -0.39 is 0 Å². The summed E-state index contributed by atoms with van der Waals surface area (Å²) in [5.74, 6) is 0.428. The van der Waals surface area contributed by atoms with Gasteiger partial charge in [0.1, 0.15) is 0 Å². The van der Waals surface area contributed by atoms with Crippen molar-refractivity contribution in [2.75, 3.05) is 13.7 Å². The van der Waals surface area contributed by atoms with Crippen molar-refractivity contribution in [3.63, 3.8) is 0 Å². The third-order valence-electron chi connectivity index (χ3n) is 3.79. The predicted octanol–water partition coefficient (Wildman–Crippen LogP) is 3.91. The fraction of sp³-hybridized carbons (Fsp3) is 0.300. The zero-order chi connectivity index (χ0) is 18.1. The van der Waals surface area contributed by atoms with Crippen LogP contribution in [0, 0.1) is 0 Å². The number of ether oxygens (including phenoxy) is 1. The van der Waals surface area contributed by atoms with Gasteiger partial charge >= 0.3 is 5.97 Å². The Kier molecular flexibility index (Phi) is 9.72. The van der Waals surface area contributed by atoms with Gasteiger partial charge < -0.3 is 15.4 Å². The number of hydrogen-bond acceptors (Lipinski definition) is 3. The molecule has 0 saturated carbocycles. The Morgan fingerprint density at radius 2 is 1.77 bits per heavy atom. The second-order valence-corrected chi connectivity index (χ2v) is 5.66. The van der Waals surface area contributed by atoms with Gasteiger partial charge in [0.25, 0.3) is 0 Å². The highest BCUT2D eigenvalue weighted by Crippen LogP contribution is 2.11. The zero-order valence-electron chi connectivity index (χ0n) is 15.4. The number of halogens is 1. The van der Waals surface area contributed by atoms with Crippen LogP contribution in [0.4, 0.5) is 0 Å². The number of aliphatic imine (C=N–C) groups is 1. The first kappa shape index (κ1) is 22.0. The van der Waals surface area contributed by atoms with E-state index in [0.717, 1.165) is 18.1 Å². The minimum absolute atomic E-state index is 0. The molecule has 2 aromatic rings. The molecule has 2 rings (SSSR count). The molecule has 0 saturated heterocycles. The average Bonchev–Trinajstić information content (AvgIpc) is 2.66. The van der Waals surface area contributed by atoms with E-state index in [-0.39, 0.29) is 36.0 Å². The average molecular weight is 467 g/mol. The summed E-state index contributed by atoms with van der Waals surface area (Å²) in [5, 5.41) is 6.66. The molecule has 5 nitrogen and oxygen atoms in total. The van der Waals surface area contributed by atoms with Crippen molar-refractivity contribution in [1.29, 1.82) is 0 Å². The van der Waals surface area contributed by atoms with Crippen LogP contribution in [0.15, 0.2) is 59.6 Å². The maximum Gasteiger partial charge on any atom is 0.337 e. The van der Waals surface area contributed by atoms with Crippen LogP contribution in [0.2, 0.25) is 0 Å². The van der Waals surface area contributed by atoms with Crippen molar-refractivity contribution in [2.45, 2.75) is 26.4 Å². The molecular weight excluding hydrogens is 441 g/mol. The topological polar surface area (TPSA) is 62.7 Å². The lowest BCUT2D eigenvalue weighted by Gasteiger charge is -2.18. The number of benzene rings is 2. The van der Waals surface area contributed by atoms with Crippen LogP contribution in [0.25, 0.3) is 0 Å². The summed E-state index contributed by atoms with van der Waals surface area (Å²) in [7, 11) is 1.38. The summed E-state index contributed by atoms with van der Waals surface area (Å²) in [5.41, 5.74) is 2.77. The third-order valence-corrected chi connectivity index (χ3v) is 3.79. The van der Waals surface area contributed by atoms with Gasteiger partial charge in [-0.05, 0) is 37.1 Å². The van der Waals surface area contributed by atoms with Crippen LogP contribution >= 0.6 is 24.0 Å². The van der Waals surface area contributed by atoms with Crippen molar-refractivity contribution in [3.8, 4) is 0 Å². The van der Waals surface area contributed by atoms with Gasteiger partial charge in [-0.25, -0.2) is 9.79 Å². The molecule has 0 fully saturated rings. The summed E-state index contributed by atoms with van der Waals surface area (Å²) < 4.78 is 4.71. The molecule has 140 valence electrons. The molecule has 0 bridgehead atoms. The van der Waals surface area contributed by atoms with Crippen molar-refractivity contribution in [3.05, 3.63) is 71.3 Å².